The first-order chi connectivity index (χ1) is 12.1. The van der Waals surface area contributed by atoms with Gasteiger partial charge in [-0.25, -0.2) is 14.2 Å². The molecule has 0 spiro atoms. The molecule has 0 atom stereocenters. The van der Waals surface area contributed by atoms with Crippen molar-refractivity contribution in [3.05, 3.63) is 64.9 Å². The van der Waals surface area contributed by atoms with Gasteiger partial charge in [-0.3, -0.25) is 0 Å². The van der Waals surface area contributed by atoms with E-state index in [1.54, 1.807) is 36.4 Å². The summed E-state index contributed by atoms with van der Waals surface area (Å²) in [6.45, 7) is 0.0317. The molecule has 5 nitrogen and oxygen atoms in total. The molecule has 0 saturated carbocycles. The Bertz CT molecular complexity index is 910. The van der Waals surface area contributed by atoms with E-state index in [-0.39, 0.29) is 18.1 Å². The first-order valence-electron chi connectivity index (χ1n) is 7.32. The van der Waals surface area contributed by atoms with Gasteiger partial charge in [0.2, 0.25) is 0 Å². The van der Waals surface area contributed by atoms with Crippen LogP contribution in [-0.4, -0.2) is 23.2 Å². The molecule has 3 aromatic rings. The molecule has 1 N–H and O–H groups in total. The van der Waals surface area contributed by atoms with Crippen molar-refractivity contribution in [3.63, 3.8) is 0 Å². The molecule has 2 aromatic carbocycles. The topological polar surface area (TPSA) is 68.7 Å². The third kappa shape index (κ3) is 3.77. The molecule has 3 rings (SSSR count). The van der Waals surface area contributed by atoms with Crippen molar-refractivity contribution in [1.82, 2.24) is 4.98 Å². The van der Waals surface area contributed by atoms with Crippen molar-refractivity contribution >= 4 is 17.3 Å². The number of benzene rings is 2. The molecule has 0 bridgehead atoms. The van der Waals surface area contributed by atoms with E-state index in [9.17, 15) is 9.18 Å². The number of carbonyl (C=O) groups is 1. The smallest absolute Gasteiger partial charge is 0.355 e. The number of rotatable bonds is 6. The zero-order valence-corrected chi connectivity index (χ0v) is 14.0. The van der Waals surface area contributed by atoms with Gasteiger partial charge in [-0.15, -0.1) is 11.3 Å². The highest BCUT2D eigenvalue weighted by atomic mass is 32.1. The highest BCUT2D eigenvalue weighted by Gasteiger charge is 2.15. The Morgan fingerprint density at radius 2 is 2.08 bits per heavy atom. The van der Waals surface area contributed by atoms with Crippen molar-refractivity contribution < 1.29 is 23.8 Å². The minimum absolute atomic E-state index is 0.0316. The van der Waals surface area contributed by atoms with E-state index in [0.717, 1.165) is 0 Å². The van der Waals surface area contributed by atoms with Crippen LogP contribution in [0.4, 0.5) is 4.39 Å². The van der Waals surface area contributed by atoms with Gasteiger partial charge in [0.25, 0.3) is 0 Å². The molecule has 0 unspecified atom stereocenters. The summed E-state index contributed by atoms with van der Waals surface area (Å²) in [6.07, 6.45) is 0. The van der Waals surface area contributed by atoms with Crippen molar-refractivity contribution in [3.8, 4) is 22.1 Å². The number of nitrogens with zero attached hydrogens (tertiary/aromatic N) is 1. The third-order valence-electron chi connectivity index (χ3n) is 3.48. The van der Waals surface area contributed by atoms with Crippen LogP contribution in [0.25, 0.3) is 10.6 Å². The van der Waals surface area contributed by atoms with Gasteiger partial charge in [-0.1, -0.05) is 18.2 Å². The minimum Gasteiger partial charge on any atom is -0.497 e. The Morgan fingerprint density at radius 1 is 1.28 bits per heavy atom. The molecule has 128 valence electrons. The highest BCUT2D eigenvalue weighted by molar-refractivity contribution is 7.13. The van der Waals surface area contributed by atoms with Crippen LogP contribution in [-0.2, 0) is 6.61 Å². The zero-order chi connectivity index (χ0) is 17.8. The molecule has 0 aliphatic heterocycles. The number of methoxy groups -OCH3 is 1. The fourth-order valence-corrected chi connectivity index (χ4v) is 3.02. The van der Waals surface area contributed by atoms with Gasteiger partial charge < -0.3 is 14.6 Å². The molecule has 0 saturated heterocycles. The second-order valence-electron chi connectivity index (χ2n) is 5.09. The average molecular weight is 359 g/mol. The number of aromatic carboxylic acids is 1. The number of carboxylic acid groups (broad SMARTS) is 1. The van der Waals surface area contributed by atoms with Crippen LogP contribution in [0.3, 0.4) is 0 Å². The SMILES string of the molecule is COc1ccc(-c2nc(C(=O)O)cs2)c(OCc2ccccc2F)c1. The lowest BCUT2D eigenvalue weighted by Gasteiger charge is -2.12. The lowest BCUT2D eigenvalue weighted by molar-refractivity contribution is 0.0691. The monoisotopic (exact) mass is 359 g/mol. The van der Waals surface area contributed by atoms with E-state index in [4.69, 9.17) is 14.6 Å². The normalized spacial score (nSPS) is 10.5. The van der Waals surface area contributed by atoms with Gasteiger partial charge >= 0.3 is 5.97 Å². The summed E-state index contributed by atoms with van der Waals surface area (Å²) in [5.41, 5.74) is 1.01. The number of carboxylic acids is 1. The number of aromatic nitrogens is 1. The molecule has 1 heterocycles. The van der Waals surface area contributed by atoms with E-state index in [2.05, 4.69) is 4.98 Å². The molecule has 0 amide bonds. The zero-order valence-electron chi connectivity index (χ0n) is 13.2. The highest BCUT2D eigenvalue weighted by Crippen LogP contribution is 2.35. The largest absolute Gasteiger partial charge is 0.497 e. The number of ether oxygens (including phenoxy) is 2. The Hall–Kier alpha value is -2.93. The third-order valence-corrected chi connectivity index (χ3v) is 4.36. The standard InChI is InChI=1S/C18H14FNO4S/c1-23-12-6-7-13(17-20-15(10-25-17)18(21)22)16(8-12)24-9-11-4-2-3-5-14(11)19/h2-8,10H,9H2,1H3,(H,21,22). The fourth-order valence-electron chi connectivity index (χ4n) is 2.19. The Kier molecular flexibility index (Phi) is 4.95. The van der Waals surface area contributed by atoms with Crippen LogP contribution >= 0.6 is 11.3 Å². The second kappa shape index (κ2) is 7.31. The van der Waals surface area contributed by atoms with Gasteiger partial charge in [0.15, 0.2) is 5.69 Å². The van der Waals surface area contributed by atoms with Crippen LogP contribution in [0.1, 0.15) is 16.1 Å². The van der Waals surface area contributed by atoms with Crippen molar-refractivity contribution in [2.45, 2.75) is 6.61 Å². The maximum atomic E-state index is 13.8. The van der Waals surface area contributed by atoms with Gasteiger partial charge in [-0.05, 0) is 18.2 Å². The number of hydrogen-bond acceptors (Lipinski definition) is 5. The van der Waals surface area contributed by atoms with Gasteiger partial charge in [0.1, 0.15) is 28.9 Å². The molecule has 0 aliphatic carbocycles. The van der Waals surface area contributed by atoms with Crippen molar-refractivity contribution in [2.75, 3.05) is 7.11 Å². The van der Waals surface area contributed by atoms with Gasteiger partial charge in [0.05, 0.1) is 12.7 Å². The Labute approximate surface area is 147 Å². The van der Waals surface area contributed by atoms with Gasteiger partial charge in [0, 0.05) is 17.0 Å². The number of thiazole rings is 1. The van der Waals surface area contributed by atoms with E-state index >= 15 is 0 Å². The molecule has 0 aliphatic rings. The molecular weight excluding hydrogens is 345 g/mol. The lowest BCUT2D eigenvalue weighted by Crippen LogP contribution is -2.00. The molecule has 0 fully saturated rings. The number of hydrogen-bond donors (Lipinski definition) is 1. The summed E-state index contributed by atoms with van der Waals surface area (Å²) < 4.78 is 24.7. The maximum Gasteiger partial charge on any atom is 0.355 e. The van der Waals surface area contributed by atoms with E-state index < -0.39 is 5.97 Å². The second-order valence-corrected chi connectivity index (χ2v) is 5.94. The molecule has 0 radical (unpaired) electrons. The van der Waals surface area contributed by atoms with Crippen LogP contribution in [0.5, 0.6) is 11.5 Å². The fraction of sp³-hybridized carbons (Fsp3) is 0.111. The van der Waals surface area contributed by atoms with Crippen molar-refractivity contribution in [1.29, 1.82) is 0 Å². The first-order valence-corrected chi connectivity index (χ1v) is 8.20. The summed E-state index contributed by atoms with van der Waals surface area (Å²) in [4.78, 5) is 15.1. The summed E-state index contributed by atoms with van der Waals surface area (Å²) in [7, 11) is 1.53. The summed E-state index contributed by atoms with van der Waals surface area (Å²) >= 11 is 1.20. The average Bonchev–Trinajstić information content (AvgIpc) is 3.11. The Morgan fingerprint density at radius 3 is 2.76 bits per heavy atom. The van der Waals surface area contributed by atoms with Gasteiger partial charge in [-0.2, -0.15) is 0 Å². The predicted molar refractivity (Wildman–Crippen MR) is 91.8 cm³/mol. The Balaban J connectivity index is 1.93. The minimum atomic E-state index is -1.09. The van der Waals surface area contributed by atoms with Crippen molar-refractivity contribution in [2.24, 2.45) is 0 Å². The van der Waals surface area contributed by atoms with Crippen LogP contribution in [0, 0.1) is 5.82 Å². The molecule has 25 heavy (non-hydrogen) atoms. The summed E-state index contributed by atoms with van der Waals surface area (Å²) in [6, 6.07) is 11.5. The number of halogens is 1. The first kappa shape index (κ1) is 16.9. The summed E-state index contributed by atoms with van der Waals surface area (Å²) in [5.74, 6) is -0.435. The molecule has 7 heteroatoms. The predicted octanol–water partition coefficient (Wildman–Crippen LogP) is 4.24. The van der Waals surface area contributed by atoms with E-state index in [1.165, 1.54) is 29.9 Å². The maximum absolute atomic E-state index is 13.8. The van der Waals surface area contributed by atoms with E-state index in [0.29, 0.717) is 27.6 Å². The van der Waals surface area contributed by atoms with E-state index in [1.807, 2.05) is 0 Å². The summed E-state index contributed by atoms with van der Waals surface area (Å²) in [5, 5.41) is 11.0. The van der Waals surface area contributed by atoms with Crippen LogP contribution in [0.2, 0.25) is 0 Å². The van der Waals surface area contributed by atoms with Crippen LogP contribution < -0.4 is 9.47 Å². The van der Waals surface area contributed by atoms with Crippen LogP contribution in [0.15, 0.2) is 47.8 Å². The molecular formula is C18H14FNO4S. The molecule has 1 aromatic heterocycles. The quantitative estimate of drug-likeness (QED) is 0.713. The lowest BCUT2D eigenvalue weighted by atomic mass is 10.2.